The quantitative estimate of drug-likeness (QED) is 0.296. The molecule has 0 atom stereocenters. The minimum absolute atomic E-state index is 0.814. The number of aryl methyl sites for hydroxylation is 1. The minimum Gasteiger partial charge on any atom is -0.494 e. The first-order valence-electron chi connectivity index (χ1n) is 10.8. The minimum atomic E-state index is 0.814. The highest BCUT2D eigenvalue weighted by Crippen LogP contribution is 2.15. The second-order valence-electron chi connectivity index (χ2n) is 7.47. The van der Waals surface area contributed by atoms with Crippen LogP contribution < -0.4 is 9.47 Å². The molecule has 0 aliphatic heterocycles. The number of benzene rings is 2. The molecule has 0 saturated carbocycles. The van der Waals surface area contributed by atoms with Crippen molar-refractivity contribution in [3.8, 4) is 11.5 Å². The van der Waals surface area contributed by atoms with E-state index in [1.54, 1.807) is 0 Å². The van der Waals surface area contributed by atoms with Crippen molar-refractivity contribution >= 4 is 6.08 Å². The maximum absolute atomic E-state index is 5.78. The van der Waals surface area contributed by atoms with Crippen LogP contribution in [0.4, 0.5) is 0 Å². The van der Waals surface area contributed by atoms with E-state index in [2.05, 4.69) is 37.8 Å². The van der Waals surface area contributed by atoms with Crippen LogP contribution in [0.3, 0.4) is 0 Å². The molecule has 0 aliphatic rings. The Morgan fingerprint density at radius 1 is 0.607 bits per heavy atom. The summed E-state index contributed by atoms with van der Waals surface area (Å²) < 4.78 is 11.6. The van der Waals surface area contributed by atoms with Gasteiger partial charge >= 0.3 is 0 Å². The van der Waals surface area contributed by atoms with Crippen molar-refractivity contribution in [3.63, 3.8) is 0 Å². The van der Waals surface area contributed by atoms with Crippen LogP contribution in [0, 0.1) is 6.92 Å². The molecule has 0 aliphatic carbocycles. The first-order valence-corrected chi connectivity index (χ1v) is 10.8. The second kappa shape index (κ2) is 13.9. The third-order valence-electron chi connectivity index (χ3n) is 4.96. The number of ether oxygens (including phenoxy) is 2. The van der Waals surface area contributed by atoms with E-state index in [1.807, 2.05) is 30.3 Å². The molecule has 2 aromatic carbocycles. The fourth-order valence-electron chi connectivity index (χ4n) is 3.16. The number of rotatable bonds is 15. The van der Waals surface area contributed by atoms with E-state index < -0.39 is 0 Å². The zero-order valence-corrected chi connectivity index (χ0v) is 17.5. The Morgan fingerprint density at radius 3 is 1.43 bits per heavy atom. The van der Waals surface area contributed by atoms with E-state index >= 15 is 0 Å². The van der Waals surface area contributed by atoms with Gasteiger partial charge in [-0.05, 0) is 49.6 Å². The highest BCUT2D eigenvalue weighted by Gasteiger charge is 1.97. The molecule has 0 amide bonds. The molecule has 0 saturated heterocycles. The van der Waals surface area contributed by atoms with Crippen molar-refractivity contribution < 1.29 is 9.47 Å². The molecular formula is C26H36O2. The van der Waals surface area contributed by atoms with Crippen molar-refractivity contribution in [1.82, 2.24) is 0 Å². The molecule has 2 nitrogen and oxygen atoms in total. The van der Waals surface area contributed by atoms with Gasteiger partial charge in [0.15, 0.2) is 0 Å². The van der Waals surface area contributed by atoms with Crippen LogP contribution in [0.5, 0.6) is 11.5 Å². The van der Waals surface area contributed by atoms with Gasteiger partial charge in [-0.25, -0.2) is 0 Å². The summed E-state index contributed by atoms with van der Waals surface area (Å²) in [5.41, 5.74) is 2.41. The zero-order chi connectivity index (χ0) is 19.9. The van der Waals surface area contributed by atoms with Crippen molar-refractivity contribution in [2.24, 2.45) is 0 Å². The Labute approximate surface area is 171 Å². The average molecular weight is 381 g/mol. The number of hydrogen-bond donors (Lipinski definition) is 0. The smallest absolute Gasteiger partial charge is 0.119 e. The highest BCUT2D eigenvalue weighted by molar-refractivity contribution is 5.48. The lowest BCUT2D eigenvalue weighted by Crippen LogP contribution is -1.97. The molecule has 0 N–H and O–H groups in total. The van der Waals surface area contributed by atoms with Crippen LogP contribution in [-0.2, 0) is 0 Å². The van der Waals surface area contributed by atoms with Crippen LogP contribution in [0.2, 0.25) is 0 Å². The molecule has 0 heterocycles. The molecule has 0 unspecified atom stereocenters. The molecule has 2 rings (SSSR count). The summed E-state index contributed by atoms with van der Waals surface area (Å²) in [6, 6.07) is 16.4. The lowest BCUT2D eigenvalue weighted by molar-refractivity contribution is 0.302. The largest absolute Gasteiger partial charge is 0.494 e. The standard InChI is InChI=1S/C26H36O2/c1-3-24-15-19-26(20-16-24)28-22-12-10-8-6-4-5-7-9-11-21-27-25-17-13-23(2)14-18-25/h3,13-20H,1,4-12,21-22H2,2H3. The maximum Gasteiger partial charge on any atom is 0.119 e. The van der Waals surface area contributed by atoms with E-state index in [-0.39, 0.29) is 0 Å². The summed E-state index contributed by atoms with van der Waals surface area (Å²) in [6.45, 7) is 7.51. The van der Waals surface area contributed by atoms with Crippen molar-refractivity contribution in [2.45, 2.75) is 64.7 Å². The van der Waals surface area contributed by atoms with Gasteiger partial charge in [0, 0.05) is 0 Å². The van der Waals surface area contributed by atoms with Crippen LogP contribution in [0.15, 0.2) is 55.1 Å². The Hall–Kier alpha value is -2.22. The SMILES string of the molecule is C=Cc1ccc(OCCCCCCCCCCCOc2ccc(C)cc2)cc1. The Morgan fingerprint density at radius 2 is 1.00 bits per heavy atom. The number of unbranched alkanes of at least 4 members (excludes halogenated alkanes) is 8. The van der Waals surface area contributed by atoms with Crippen molar-refractivity contribution in [1.29, 1.82) is 0 Å². The molecular weight excluding hydrogens is 344 g/mol. The van der Waals surface area contributed by atoms with Gasteiger partial charge in [-0.1, -0.05) is 87.4 Å². The average Bonchev–Trinajstić information content (AvgIpc) is 2.73. The summed E-state index contributed by atoms with van der Waals surface area (Å²) in [7, 11) is 0. The molecule has 0 spiro atoms. The lowest BCUT2D eigenvalue weighted by Gasteiger charge is -2.07. The Balaban J connectivity index is 1.34. The summed E-state index contributed by atoms with van der Waals surface area (Å²) in [6.07, 6.45) is 13.3. The van der Waals surface area contributed by atoms with E-state index in [9.17, 15) is 0 Å². The van der Waals surface area contributed by atoms with Gasteiger partial charge < -0.3 is 9.47 Å². The van der Waals surface area contributed by atoms with E-state index in [0.717, 1.165) is 43.1 Å². The second-order valence-corrected chi connectivity index (χ2v) is 7.47. The molecule has 152 valence electrons. The molecule has 2 heteroatoms. The van der Waals surface area contributed by atoms with Crippen molar-refractivity contribution in [3.05, 3.63) is 66.2 Å². The normalized spacial score (nSPS) is 10.6. The lowest BCUT2D eigenvalue weighted by atomic mass is 10.1. The molecule has 0 radical (unpaired) electrons. The van der Waals surface area contributed by atoms with Gasteiger partial charge in [0.05, 0.1) is 13.2 Å². The molecule has 28 heavy (non-hydrogen) atoms. The monoisotopic (exact) mass is 380 g/mol. The summed E-state index contributed by atoms with van der Waals surface area (Å²) in [5, 5.41) is 0. The molecule has 0 fully saturated rings. The predicted molar refractivity (Wildman–Crippen MR) is 120 cm³/mol. The third-order valence-corrected chi connectivity index (χ3v) is 4.96. The van der Waals surface area contributed by atoms with Gasteiger partial charge in [0.1, 0.15) is 11.5 Å². The predicted octanol–water partition coefficient (Wildman–Crippen LogP) is 7.61. The Bertz CT molecular complexity index is 643. The summed E-state index contributed by atoms with van der Waals surface area (Å²) in [4.78, 5) is 0. The highest BCUT2D eigenvalue weighted by atomic mass is 16.5. The Kier molecular flexibility index (Phi) is 10.9. The molecule has 2 aromatic rings. The fourth-order valence-corrected chi connectivity index (χ4v) is 3.16. The van der Waals surface area contributed by atoms with Gasteiger partial charge in [-0.15, -0.1) is 0 Å². The van der Waals surface area contributed by atoms with Crippen LogP contribution in [0.1, 0.15) is 68.9 Å². The van der Waals surface area contributed by atoms with Crippen LogP contribution in [-0.4, -0.2) is 13.2 Å². The van der Waals surface area contributed by atoms with Gasteiger partial charge in [-0.3, -0.25) is 0 Å². The first-order chi connectivity index (χ1) is 13.8. The maximum atomic E-state index is 5.78. The van der Waals surface area contributed by atoms with Gasteiger partial charge in [-0.2, -0.15) is 0 Å². The topological polar surface area (TPSA) is 18.5 Å². The zero-order valence-electron chi connectivity index (χ0n) is 17.5. The van der Waals surface area contributed by atoms with Crippen LogP contribution >= 0.6 is 0 Å². The van der Waals surface area contributed by atoms with Gasteiger partial charge in [0.2, 0.25) is 0 Å². The molecule has 0 aromatic heterocycles. The van der Waals surface area contributed by atoms with E-state index in [0.29, 0.717) is 0 Å². The van der Waals surface area contributed by atoms with Gasteiger partial charge in [0.25, 0.3) is 0 Å². The fraction of sp³-hybridized carbons (Fsp3) is 0.462. The number of hydrogen-bond acceptors (Lipinski definition) is 2. The van der Waals surface area contributed by atoms with E-state index in [1.165, 1.54) is 50.5 Å². The molecule has 0 bridgehead atoms. The summed E-state index contributed by atoms with van der Waals surface area (Å²) >= 11 is 0. The van der Waals surface area contributed by atoms with Crippen molar-refractivity contribution in [2.75, 3.05) is 13.2 Å². The first kappa shape index (κ1) is 22.1. The van der Waals surface area contributed by atoms with Crippen LogP contribution in [0.25, 0.3) is 6.08 Å². The summed E-state index contributed by atoms with van der Waals surface area (Å²) in [5.74, 6) is 1.94. The third kappa shape index (κ3) is 9.64. The van der Waals surface area contributed by atoms with E-state index in [4.69, 9.17) is 9.47 Å².